The molecule has 1 spiro atoms. The number of fused-ring (bicyclic) bond motifs is 2. The number of ether oxygens (including phenoxy) is 1. The van der Waals surface area contributed by atoms with E-state index in [-0.39, 0.29) is 11.7 Å². The van der Waals surface area contributed by atoms with Crippen LogP contribution in [0.5, 0.6) is 11.5 Å². The minimum Gasteiger partial charge on any atom is -0.453 e. The van der Waals surface area contributed by atoms with Gasteiger partial charge in [0, 0.05) is 5.69 Å². The zero-order valence-electron chi connectivity index (χ0n) is 12.5. The summed E-state index contributed by atoms with van der Waals surface area (Å²) in [6.45, 7) is 0. The summed E-state index contributed by atoms with van der Waals surface area (Å²) < 4.78 is 57.5. The minimum absolute atomic E-state index is 0.0848. The molecule has 130 valence electrons. The number of halogens is 5. The molecule has 1 saturated carbocycles. The first-order valence-corrected chi connectivity index (χ1v) is 7.79. The molecule has 2 aromatic carbocycles. The molecule has 1 aliphatic heterocycles. The molecule has 3 nitrogen and oxygen atoms in total. The van der Waals surface area contributed by atoms with Crippen molar-refractivity contribution >= 4 is 23.2 Å². The number of carbonyl (C=O) groups excluding carboxylic acids is 1. The van der Waals surface area contributed by atoms with Crippen molar-refractivity contribution in [2.75, 3.05) is 5.32 Å². The number of nitrogens with one attached hydrogen (secondary N) is 1. The van der Waals surface area contributed by atoms with Crippen LogP contribution < -0.4 is 10.1 Å². The first-order valence-electron chi connectivity index (χ1n) is 7.41. The van der Waals surface area contributed by atoms with E-state index >= 15 is 0 Å². The highest BCUT2D eigenvalue weighted by molar-refractivity contribution is 6.32. The van der Waals surface area contributed by atoms with Crippen molar-refractivity contribution in [1.82, 2.24) is 0 Å². The average molecular weight is 372 g/mol. The van der Waals surface area contributed by atoms with E-state index in [2.05, 4.69) is 5.32 Å². The lowest BCUT2D eigenvalue weighted by atomic mass is 9.98. The number of benzene rings is 2. The molecule has 0 saturated heterocycles. The summed E-state index contributed by atoms with van der Waals surface area (Å²) in [7, 11) is 0. The van der Waals surface area contributed by atoms with Gasteiger partial charge in [-0.25, -0.2) is 4.39 Å². The molecule has 25 heavy (non-hydrogen) atoms. The van der Waals surface area contributed by atoms with Crippen LogP contribution in [0.25, 0.3) is 0 Å². The maximum atomic E-state index is 14.1. The monoisotopic (exact) mass is 371 g/mol. The Morgan fingerprint density at radius 3 is 2.48 bits per heavy atom. The molecule has 1 N–H and O–H groups in total. The minimum atomic E-state index is -4.71. The van der Waals surface area contributed by atoms with E-state index in [0.717, 1.165) is 5.56 Å². The summed E-state index contributed by atoms with van der Waals surface area (Å²) in [5.74, 6) is -1.59. The maximum Gasteiger partial charge on any atom is 0.416 e. The Kier molecular flexibility index (Phi) is 3.31. The predicted octanol–water partition coefficient (Wildman–Crippen LogP) is 5.27. The zero-order valence-corrected chi connectivity index (χ0v) is 13.3. The molecule has 4 rings (SSSR count). The van der Waals surface area contributed by atoms with Crippen LogP contribution in [0.4, 0.5) is 23.2 Å². The topological polar surface area (TPSA) is 38.3 Å². The first-order chi connectivity index (χ1) is 11.7. The van der Waals surface area contributed by atoms with Crippen LogP contribution in [-0.4, -0.2) is 5.91 Å². The number of alkyl halides is 3. The molecule has 0 aromatic heterocycles. The van der Waals surface area contributed by atoms with Gasteiger partial charge in [-0.2, -0.15) is 13.2 Å². The molecule has 1 amide bonds. The Labute approximate surface area is 144 Å². The van der Waals surface area contributed by atoms with Gasteiger partial charge in [0.15, 0.2) is 11.6 Å². The Balaban J connectivity index is 1.68. The highest BCUT2D eigenvalue weighted by Crippen LogP contribution is 2.56. The molecule has 1 heterocycles. The summed E-state index contributed by atoms with van der Waals surface area (Å²) in [6, 6.07) is 5.65. The van der Waals surface area contributed by atoms with E-state index < -0.39 is 33.7 Å². The molecular formula is C17H10ClF4NO2. The number of amides is 1. The van der Waals surface area contributed by atoms with Gasteiger partial charge in [0.2, 0.25) is 5.91 Å². The standard InChI is InChI=1S/C17H10ClF4NO2/c18-11-5-8(17(20,21)22)6-12(19)14(11)25-9-1-2-13-10(7-9)16(3-4-16)15(24)23-13/h1-2,5-7H,3-4H2,(H,23,24). The quantitative estimate of drug-likeness (QED) is 0.730. The van der Waals surface area contributed by atoms with Crippen LogP contribution in [0.15, 0.2) is 30.3 Å². The van der Waals surface area contributed by atoms with Crippen molar-refractivity contribution in [3.63, 3.8) is 0 Å². The molecule has 1 fully saturated rings. The molecule has 0 atom stereocenters. The van der Waals surface area contributed by atoms with Gasteiger partial charge >= 0.3 is 6.18 Å². The number of rotatable bonds is 2. The summed E-state index contributed by atoms with van der Waals surface area (Å²) in [5, 5.41) is 2.29. The van der Waals surface area contributed by atoms with Crippen molar-refractivity contribution in [1.29, 1.82) is 0 Å². The second kappa shape index (κ2) is 5.11. The average Bonchev–Trinajstić information content (AvgIpc) is 3.27. The lowest BCUT2D eigenvalue weighted by molar-refractivity contribution is -0.137. The summed E-state index contributed by atoms with van der Waals surface area (Å²) in [6.07, 6.45) is -3.28. The Morgan fingerprint density at radius 2 is 1.88 bits per heavy atom. The maximum absolute atomic E-state index is 14.1. The van der Waals surface area contributed by atoms with Gasteiger partial charge in [0.1, 0.15) is 5.75 Å². The largest absolute Gasteiger partial charge is 0.453 e. The Hall–Kier alpha value is -2.28. The van der Waals surface area contributed by atoms with Gasteiger partial charge < -0.3 is 10.1 Å². The van der Waals surface area contributed by atoms with Crippen molar-refractivity contribution in [2.24, 2.45) is 0 Å². The second-order valence-corrected chi connectivity index (χ2v) is 6.52. The SMILES string of the molecule is O=C1Nc2ccc(Oc3c(F)cc(C(F)(F)F)cc3Cl)cc2C12CC2. The fourth-order valence-electron chi connectivity index (χ4n) is 3.02. The number of carbonyl (C=O) groups is 1. The molecule has 1 aliphatic carbocycles. The van der Waals surface area contributed by atoms with E-state index in [0.29, 0.717) is 30.7 Å². The number of anilines is 1. The van der Waals surface area contributed by atoms with Gasteiger partial charge in [-0.15, -0.1) is 0 Å². The highest BCUT2D eigenvalue weighted by atomic mass is 35.5. The van der Waals surface area contributed by atoms with Crippen LogP contribution >= 0.6 is 11.6 Å². The molecule has 0 bridgehead atoms. The molecule has 2 aliphatic rings. The first kappa shape index (κ1) is 16.2. The van der Waals surface area contributed by atoms with Gasteiger partial charge in [-0.05, 0) is 48.7 Å². The van der Waals surface area contributed by atoms with Crippen LogP contribution in [0.1, 0.15) is 24.0 Å². The smallest absolute Gasteiger partial charge is 0.416 e. The Morgan fingerprint density at radius 1 is 1.16 bits per heavy atom. The van der Waals surface area contributed by atoms with E-state index in [1.165, 1.54) is 6.07 Å². The molecule has 0 radical (unpaired) electrons. The highest BCUT2D eigenvalue weighted by Gasteiger charge is 2.56. The predicted molar refractivity (Wildman–Crippen MR) is 82.5 cm³/mol. The van der Waals surface area contributed by atoms with E-state index in [9.17, 15) is 22.4 Å². The van der Waals surface area contributed by atoms with Crippen LogP contribution in [-0.2, 0) is 16.4 Å². The molecule has 8 heteroatoms. The van der Waals surface area contributed by atoms with Crippen LogP contribution in [0.3, 0.4) is 0 Å². The lowest BCUT2D eigenvalue weighted by Gasteiger charge is -2.13. The third-order valence-corrected chi connectivity index (χ3v) is 4.77. The summed E-state index contributed by atoms with van der Waals surface area (Å²) >= 11 is 5.77. The number of hydrogen-bond donors (Lipinski definition) is 1. The van der Waals surface area contributed by atoms with Crippen molar-refractivity contribution < 1.29 is 27.1 Å². The molecule has 0 unspecified atom stereocenters. The molecular weight excluding hydrogens is 362 g/mol. The van der Waals surface area contributed by atoms with Gasteiger partial charge in [-0.3, -0.25) is 4.79 Å². The van der Waals surface area contributed by atoms with E-state index in [1.807, 2.05) is 0 Å². The van der Waals surface area contributed by atoms with Crippen molar-refractivity contribution in [2.45, 2.75) is 24.4 Å². The normalized spacial score (nSPS) is 17.4. The second-order valence-electron chi connectivity index (χ2n) is 6.11. The van der Waals surface area contributed by atoms with Crippen LogP contribution in [0, 0.1) is 5.82 Å². The van der Waals surface area contributed by atoms with Gasteiger partial charge in [0.25, 0.3) is 0 Å². The van der Waals surface area contributed by atoms with E-state index in [4.69, 9.17) is 16.3 Å². The lowest BCUT2D eigenvalue weighted by Crippen LogP contribution is -2.18. The summed E-state index contributed by atoms with van der Waals surface area (Å²) in [4.78, 5) is 12.0. The van der Waals surface area contributed by atoms with Crippen LogP contribution in [0.2, 0.25) is 5.02 Å². The van der Waals surface area contributed by atoms with Crippen molar-refractivity contribution in [3.05, 3.63) is 52.3 Å². The fraction of sp³-hybridized carbons (Fsp3) is 0.235. The Bertz CT molecular complexity index is 883. The molecule has 2 aromatic rings. The third kappa shape index (κ3) is 2.54. The van der Waals surface area contributed by atoms with Crippen molar-refractivity contribution in [3.8, 4) is 11.5 Å². The zero-order chi connectivity index (χ0) is 18.0. The van der Waals surface area contributed by atoms with Gasteiger partial charge in [0.05, 0.1) is 16.0 Å². The van der Waals surface area contributed by atoms with Gasteiger partial charge in [-0.1, -0.05) is 11.6 Å². The van der Waals surface area contributed by atoms with E-state index in [1.54, 1.807) is 12.1 Å². The number of hydrogen-bond acceptors (Lipinski definition) is 2. The fourth-order valence-corrected chi connectivity index (χ4v) is 3.26. The summed E-state index contributed by atoms with van der Waals surface area (Å²) in [5.41, 5.74) is -0.340. The third-order valence-electron chi connectivity index (χ3n) is 4.48.